The summed E-state index contributed by atoms with van der Waals surface area (Å²) < 4.78 is 27.9. The van der Waals surface area contributed by atoms with Gasteiger partial charge in [0.15, 0.2) is 18.1 Å². The molecular formula is C23H27FN8O3. The molecule has 3 aromatic heterocycles. The van der Waals surface area contributed by atoms with Crippen LogP contribution in [0.4, 0.5) is 21.0 Å². The minimum absolute atomic E-state index is 0.00758. The van der Waals surface area contributed by atoms with Gasteiger partial charge in [-0.2, -0.15) is 5.10 Å². The summed E-state index contributed by atoms with van der Waals surface area (Å²) in [5, 5.41) is 13.1. The van der Waals surface area contributed by atoms with Crippen LogP contribution in [0.2, 0.25) is 0 Å². The van der Waals surface area contributed by atoms with E-state index < -0.39 is 24.5 Å². The monoisotopic (exact) mass is 482 g/mol. The second-order valence-corrected chi connectivity index (χ2v) is 10.2. The zero-order valence-electron chi connectivity index (χ0n) is 19.1. The molecule has 35 heavy (non-hydrogen) atoms. The van der Waals surface area contributed by atoms with Crippen molar-refractivity contribution in [1.82, 2.24) is 34.8 Å². The average molecular weight is 483 g/mol. The normalized spacial score (nSPS) is 31.5. The van der Waals surface area contributed by atoms with Crippen LogP contribution in [0.3, 0.4) is 0 Å². The van der Waals surface area contributed by atoms with Crippen molar-refractivity contribution in [3.05, 3.63) is 35.9 Å². The molecule has 12 heteroatoms. The number of alkyl halides is 1. The van der Waals surface area contributed by atoms with E-state index in [-0.39, 0.29) is 12.1 Å². The summed E-state index contributed by atoms with van der Waals surface area (Å²) in [4.78, 5) is 23.6. The summed E-state index contributed by atoms with van der Waals surface area (Å²) in [6.45, 7) is 3.01. The van der Waals surface area contributed by atoms with E-state index in [0.717, 1.165) is 56.2 Å². The Morgan fingerprint density at radius 2 is 2.20 bits per heavy atom. The molecule has 11 nitrogen and oxygen atoms in total. The highest BCUT2D eigenvalue weighted by Crippen LogP contribution is 2.57. The Bertz CT molecular complexity index is 1260. The molecule has 184 valence electrons. The number of H-pyrrole nitrogens is 1. The van der Waals surface area contributed by atoms with Crippen molar-refractivity contribution in [2.24, 2.45) is 5.92 Å². The van der Waals surface area contributed by atoms with Gasteiger partial charge >= 0.3 is 6.09 Å². The highest BCUT2D eigenvalue weighted by Gasteiger charge is 2.58. The van der Waals surface area contributed by atoms with E-state index in [4.69, 9.17) is 9.47 Å². The largest absolute Gasteiger partial charge is 0.441 e. The molecule has 0 spiro atoms. The van der Waals surface area contributed by atoms with Crippen molar-refractivity contribution in [3.63, 3.8) is 0 Å². The van der Waals surface area contributed by atoms with Gasteiger partial charge in [-0.3, -0.25) is 14.4 Å². The molecule has 2 bridgehead atoms. The van der Waals surface area contributed by atoms with E-state index in [2.05, 4.69) is 35.7 Å². The lowest BCUT2D eigenvalue weighted by molar-refractivity contribution is -0.0528. The molecule has 0 radical (unpaired) electrons. The van der Waals surface area contributed by atoms with Gasteiger partial charge in [-0.15, -0.1) is 0 Å². The quantitative estimate of drug-likeness (QED) is 0.470. The summed E-state index contributed by atoms with van der Waals surface area (Å²) >= 11 is 0. The molecule has 1 amide bonds. The number of carbonyl (C=O) groups is 1. The van der Waals surface area contributed by atoms with Crippen LogP contribution in [0.15, 0.2) is 24.5 Å². The Balaban J connectivity index is 1.00. The van der Waals surface area contributed by atoms with Crippen molar-refractivity contribution in [1.29, 1.82) is 0 Å². The molecule has 8 rings (SSSR count). The minimum atomic E-state index is -1.50. The number of ether oxygens (including phenoxy) is 2. The topological polar surface area (TPSA) is 122 Å². The van der Waals surface area contributed by atoms with Crippen molar-refractivity contribution in [2.45, 2.75) is 56.1 Å². The molecule has 5 aliphatic rings. The molecule has 0 unspecified atom stereocenters. The van der Waals surface area contributed by atoms with Crippen molar-refractivity contribution >= 4 is 23.5 Å². The number of nitrogens with one attached hydrogen (secondary N) is 3. The lowest BCUT2D eigenvalue weighted by atomic mass is 9.50. The first-order chi connectivity index (χ1) is 17.0. The Kier molecular flexibility index (Phi) is 4.75. The van der Waals surface area contributed by atoms with Crippen LogP contribution < -0.4 is 10.6 Å². The number of halogens is 1. The first kappa shape index (κ1) is 21.1. The number of hydrogen-bond donors (Lipinski definition) is 3. The molecule has 5 fully saturated rings. The molecule has 3 aromatic rings. The number of nitrogens with zero attached hydrogens (tertiary/aromatic N) is 5. The number of aromatic nitrogens is 5. The van der Waals surface area contributed by atoms with E-state index in [9.17, 15) is 4.79 Å². The Morgan fingerprint density at radius 3 is 2.94 bits per heavy atom. The molecule has 3 saturated carbocycles. The van der Waals surface area contributed by atoms with E-state index in [1.807, 2.05) is 16.7 Å². The van der Waals surface area contributed by atoms with Crippen LogP contribution in [-0.4, -0.2) is 73.1 Å². The maximum Gasteiger partial charge on any atom is 0.408 e. The fourth-order valence-electron chi connectivity index (χ4n) is 5.52. The summed E-state index contributed by atoms with van der Waals surface area (Å²) in [5.41, 5.74) is 2.11. The van der Waals surface area contributed by atoms with Gasteiger partial charge in [-0.1, -0.05) is 0 Å². The van der Waals surface area contributed by atoms with Gasteiger partial charge < -0.3 is 20.1 Å². The van der Waals surface area contributed by atoms with Gasteiger partial charge in [0.2, 0.25) is 5.95 Å². The number of carbonyl (C=O) groups excluding carboxylic acids is 1. The lowest BCUT2D eigenvalue weighted by Crippen LogP contribution is -2.68. The van der Waals surface area contributed by atoms with Gasteiger partial charge in [0.1, 0.15) is 11.8 Å². The van der Waals surface area contributed by atoms with Crippen LogP contribution in [0, 0.1) is 5.92 Å². The van der Waals surface area contributed by atoms with Crippen LogP contribution in [0.5, 0.6) is 0 Å². The van der Waals surface area contributed by atoms with Gasteiger partial charge in [0.25, 0.3) is 0 Å². The standard InChI is InChI=1S/C23H27FN8O3/c24-19-16(35-22(33)28-23-7-13(8-23)9-23)12-34-20(19)15-6-17(30-29-15)27-21-25-3-2-18-26-14(11-32(18)21)10-31-4-1-5-31/h2-3,6,11,13,16,19-20H,1,4-5,7-10,12H2,(H,28,33)(H2,25,27,29,30)/t13?,16-,19+,20-,23?/m0/s1. The number of rotatable bonds is 7. The summed E-state index contributed by atoms with van der Waals surface area (Å²) in [6.07, 6.45) is 3.94. The molecular weight excluding hydrogens is 455 g/mol. The number of alkyl carbamates (subject to hydrolysis) is 1. The van der Waals surface area contributed by atoms with E-state index in [1.165, 1.54) is 6.42 Å². The Morgan fingerprint density at radius 1 is 1.34 bits per heavy atom. The van der Waals surface area contributed by atoms with Crippen LogP contribution >= 0.6 is 0 Å². The van der Waals surface area contributed by atoms with Gasteiger partial charge in [-0.05, 0) is 50.8 Å². The number of fused-ring (bicyclic) bond motifs is 1. The van der Waals surface area contributed by atoms with Gasteiger partial charge in [-0.25, -0.2) is 19.2 Å². The number of likely N-dealkylation sites (tertiary alicyclic amines) is 1. The third-order valence-corrected chi connectivity index (χ3v) is 7.66. The smallest absolute Gasteiger partial charge is 0.408 e. The minimum Gasteiger partial charge on any atom is -0.441 e. The highest BCUT2D eigenvalue weighted by atomic mass is 19.1. The first-order valence-corrected chi connectivity index (χ1v) is 12.2. The summed E-state index contributed by atoms with van der Waals surface area (Å²) in [5.74, 6) is 1.76. The van der Waals surface area contributed by atoms with E-state index in [1.54, 1.807) is 12.3 Å². The highest BCUT2D eigenvalue weighted by molar-refractivity contribution is 5.69. The molecule has 5 heterocycles. The molecule has 2 aliphatic heterocycles. The molecule has 3 N–H and O–H groups in total. The Hall–Kier alpha value is -3.25. The maximum atomic E-state index is 15.1. The fourth-order valence-corrected chi connectivity index (χ4v) is 5.52. The van der Waals surface area contributed by atoms with Gasteiger partial charge in [0, 0.05) is 30.5 Å². The second-order valence-electron chi connectivity index (χ2n) is 10.2. The first-order valence-electron chi connectivity index (χ1n) is 12.2. The maximum absolute atomic E-state index is 15.1. The average Bonchev–Trinajstić information content (AvgIpc) is 3.47. The van der Waals surface area contributed by atoms with Crippen molar-refractivity contribution in [3.8, 4) is 0 Å². The Labute approximate surface area is 200 Å². The zero-order chi connectivity index (χ0) is 23.6. The summed E-state index contributed by atoms with van der Waals surface area (Å²) in [6, 6.07) is 3.53. The molecule has 3 aliphatic carbocycles. The van der Waals surface area contributed by atoms with E-state index in [0.29, 0.717) is 17.5 Å². The number of hydrogen-bond acceptors (Lipinski definition) is 8. The molecule has 0 aromatic carbocycles. The van der Waals surface area contributed by atoms with Gasteiger partial charge in [0.05, 0.1) is 18.0 Å². The fraction of sp³-hybridized carbons (Fsp3) is 0.565. The number of aromatic amines is 1. The summed E-state index contributed by atoms with van der Waals surface area (Å²) in [7, 11) is 0. The number of imidazole rings is 1. The predicted molar refractivity (Wildman–Crippen MR) is 122 cm³/mol. The number of amides is 1. The molecule has 3 atom stereocenters. The lowest BCUT2D eigenvalue weighted by Gasteiger charge is -2.61. The van der Waals surface area contributed by atoms with Crippen molar-refractivity contribution < 1.29 is 18.7 Å². The number of anilines is 2. The van der Waals surface area contributed by atoms with Crippen LogP contribution in [-0.2, 0) is 16.0 Å². The van der Waals surface area contributed by atoms with E-state index >= 15 is 4.39 Å². The second kappa shape index (κ2) is 7.89. The van der Waals surface area contributed by atoms with Crippen LogP contribution in [0.25, 0.3) is 5.65 Å². The third-order valence-electron chi connectivity index (χ3n) is 7.66. The third kappa shape index (κ3) is 3.71. The SMILES string of the molecule is O=C(NC12CC(C1)C2)O[C@H]1CO[C@@H](c2cc(Nc3nccc4nc(CN5CCC5)cn34)n[nH]2)[C@@H]1F. The van der Waals surface area contributed by atoms with Crippen molar-refractivity contribution in [2.75, 3.05) is 25.0 Å². The predicted octanol–water partition coefficient (Wildman–Crippen LogP) is 2.46. The van der Waals surface area contributed by atoms with Crippen LogP contribution in [0.1, 0.15) is 43.2 Å². The molecule has 2 saturated heterocycles. The zero-order valence-corrected chi connectivity index (χ0v) is 19.1.